The second kappa shape index (κ2) is 4.59. The number of ketones is 1. The number of fused-ring (bicyclic) bond motifs is 3. The third-order valence-electron chi connectivity index (χ3n) is 7.71. The zero-order chi connectivity index (χ0) is 17.5. The third kappa shape index (κ3) is 1.53. The van der Waals surface area contributed by atoms with Crippen LogP contribution in [0.25, 0.3) is 0 Å². The van der Waals surface area contributed by atoms with Crippen molar-refractivity contribution in [3.8, 4) is 0 Å². The lowest BCUT2D eigenvalue weighted by Gasteiger charge is -2.32. The molecule has 2 aliphatic carbocycles. The van der Waals surface area contributed by atoms with Crippen molar-refractivity contribution in [1.82, 2.24) is 0 Å². The Balaban J connectivity index is 1.76. The van der Waals surface area contributed by atoms with Gasteiger partial charge in [-0.3, -0.25) is 4.79 Å². The van der Waals surface area contributed by atoms with Crippen LogP contribution in [0.3, 0.4) is 0 Å². The quantitative estimate of drug-likeness (QED) is 0.672. The summed E-state index contributed by atoms with van der Waals surface area (Å²) in [4.78, 5) is 13.8. The summed E-state index contributed by atoms with van der Waals surface area (Å²) in [5.41, 5.74) is 2.45. The minimum Gasteiger partial charge on any atom is -0.297 e. The van der Waals surface area contributed by atoms with Crippen LogP contribution in [0.15, 0.2) is 60.7 Å². The molecule has 128 valence electrons. The van der Waals surface area contributed by atoms with Crippen molar-refractivity contribution in [3.05, 3.63) is 71.8 Å². The largest absolute Gasteiger partial charge is 0.297 e. The number of Topliss-reactive ketones (excluding diaryl/α,β-unsaturated/α-hetero) is 1. The maximum absolute atomic E-state index is 13.8. The van der Waals surface area contributed by atoms with Crippen LogP contribution in [0, 0.1) is 16.7 Å². The molecule has 2 aromatic carbocycles. The average Bonchev–Trinajstić information content (AvgIpc) is 3.23. The number of benzene rings is 2. The van der Waals surface area contributed by atoms with Gasteiger partial charge in [0.15, 0.2) is 5.78 Å². The Hall–Kier alpha value is -1.54. The first kappa shape index (κ1) is 15.7. The summed E-state index contributed by atoms with van der Waals surface area (Å²) in [6.45, 7) is 6.89. The van der Waals surface area contributed by atoms with Crippen LogP contribution in [-0.4, -0.2) is 10.5 Å². The summed E-state index contributed by atoms with van der Waals surface area (Å²) >= 11 is 1.92. The Morgan fingerprint density at radius 1 is 0.880 bits per heavy atom. The van der Waals surface area contributed by atoms with E-state index in [1.807, 2.05) is 11.8 Å². The minimum atomic E-state index is -0.286. The SMILES string of the molecule is CC12CCC(C1(C)C)C1(SC1(c1ccccc1)c1ccccc1)C2=O. The maximum Gasteiger partial charge on any atom is 0.157 e. The van der Waals surface area contributed by atoms with Gasteiger partial charge in [-0.15, -0.1) is 11.8 Å². The molecule has 2 bridgehead atoms. The highest BCUT2D eigenvalue weighted by molar-refractivity contribution is 8.10. The van der Waals surface area contributed by atoms with Crippen molar-refractivity contribution in [3.63, 3.8) is 0 Å². The molecule has 2 aromatic rings. The van der Waals surface area contributed by atoms with Crippen LogP contribution < -0.4 is 0 Å². The number of hydrogen-bond donors (Lipinski definition) is 0. The van der Waals surface area contributed by atoms with E-state index in [0.717, 1.165) is 6.42 Å². The van der Waals surface area contributed by atoms with Gasteiger partial charge in [0.2, 0.25) is 0 Å². The number of hydrogen-bond acceptors (Lipinski definition) is 2. The molecule has 1 aliphatic heterocycles. The minimum absolute atomic E-state index is 0.0718. The summed E-state index contributed by atoms with van der Waals surface area (Å²) in [5.74, 6) is 0.946. The van der Waals surface area contributed by atoms with Crippen LogP contribution in [0.4, 0.5) is 0 Å². The van der Waals surface area contributed by atoms with Gasteiger partial charge in [0.05, 0.1) is 4.75 Å². The van der Waals surface area contributed by atoms with E-state index in [9.17, 15) is 4.79 Å². The Kier molecular flexibility index (Phi) is 2.88. The molecule has 5 rings (SSSR count). The van der Waals surface area contributed by atoms with E-state index in [1.165, 1.54) is 17.5 Å². The van der Waals surface area contributed by atoms with Crippen molar-refractivity contribution in [2.45, 2.75) is 43.1 Å². The molecular weight excluding hydrogens is 324 g/mol. The van der Waals surface area contributed by atoms with E-state index in [4.69, 9.17) is 0 Å². The van der Waals surface area contributed by atoms with Gasteiger partial charge in [-0.25, -0.2) is 0 Å². The monoisotopic (exact) mass is 348 g/mol. The Morgan fingerprint density at radius 2 is 1.40 bits per heavy atom. The number of rotatable bonds is 2. The Bertz CT molecular complexity index is 817. The molecule has 1 spiro atoms. The fourth-order valence-electron chi connectivity index (χ4n) is 5.98. The number of thioether (sulfide) groups is 1. The molecule has 0 N–H and O–H groups in total. The molecule has 3 aliphatic rings. The van der Waals surface area contributed by atoms with Gasteiger partial charge in [0, 0.05) is 5.41 Å². The highest BCUT2D eigenvalue weighted by Crippen LogP contribution is 2.87. The van der Waals surface area contributed by atoms with Crippen LogP contribution in [0.1, 0.15) is 44.7 Å². The van der Waals surface area contributed by atoms with E-state index < -0.39 is 0 Å². The van der Waals surface area contributed by atoms with Crippen LogP contribution in [0.5, 0.6) is 0 Å². The first-order valence-corrected chi connectivity index (χ1v) is 10.1. The molecule has 25 heavy (non-hydrogen) atoms. The molecule has 3 atom stereocenters. The summed E-state index contributed by atoms with van der Waals surface area (Å²) in [6, 6.07) is 21.4. The molecule has 0 aromatic heterocycles. The number of carbonyl (C=O) groups excluding carboxylic acids is 1. The van der Waals surface area contributed by atoms with Crippen molar-refractivity contribution >= 4 is 17.5 Å². The Morgan fingerprint density at radius 3 is 1.84 bits per heavy atom. The van der Waals surface area contributed by atoms with Gasteiger partial charge in [0.1, 0.15) is 4.75 Å². The van der Waals surface area contributed by atoms with Gasteiger partial charge in [-0.05, 0) is 35.3 Å². The smallest absolute Gasteiger partial charge is 0.157 e. The zero-order valence-corrected chi connectivity index (χ0v) is 15.9. The topological polar surface area (TPSA) is 17.1 Å². The normalized spacial score (nSPS) is 36.8. The van der Waals surface area contributed by atoms with Crippen LogP contribution >= 0.6 is 11.8 Å². The summed E-state index contributed by atoms with van der Waals surface area (Å²) in [6.07, 6.45) is 2.22. The average molecular weight is 349 g/mol. The van der Waals surface area contributed by atoms with Crippen LogP contribution in [-0.2, 0) is 9.54 Å². The summed E-state index contributed by atoms with van der Waals surface area (Å²) < 4.78 is -0.501. The molecule has 1 nitrogen and oxygen atoms in total. The van der Waals surface area contributed by atoms with E-state index in [0.29, 0.717) is 11.7 Å². The zero-order valence-electron chi connectivity index (χ0n) is 15.1. The summed E-state index contributed by atoms with van der Waals surface area (Å²) in [7, 11) is 0. The van der Waals surface area contributed by atoms with Crippen molar-refractivity contribution in [2.75, 3.05) is 0 Å². The van der Waals surface area contributed by atoms with Crippen molar-refractivity contribution < 1.29 is 4.79 Å². The third-order valence-corrected chi connectivity index (χ3v) is 9.71. The molecule has 1 heterocycles. The first-order chi connectivity index (χ1) is 11.9. The predicted molar refractivity (Wildman–Crippen MR) is 104 cm³/mol. The van der Waals surface area contributed by atoms with Gasteiger partial charge in [0.25, 0.3) is 0 Å². The van der Waals surface area contributed by atoms with Gasteiger partial charge < -0.3 is 0 Å². The van der Waals surface area contributed by atoms with Crippen molar-refractivity contribution in [2.24, 2.45) is 16.7 Å². The lowest BCUT2D eigenvalue weighted by atomic mass is 9.70. The van der Waals surface area contributed by atoms with E-state index >= 15 is 0 Å². The number of carbonyl (C=O) groups is 1. The first-order valence-electron chi connectivity index (χ1n) is 9.27. The standard InChI is InChI=1S/C23H24OS/c1-20(2)18-14-15-21(20,3)19(24)23(18)22(25-23,16-10-6-4-7-11-16)17-12-8-5-9-13-17/h4-13,18H,14-15H2,1-3H3. The molecule has 0 radical (unpaired) electrons. The lowest BCUT2D eigenvalue weighted by Crippen LogP contribution is -2.41. The molecule has 1 saturated heterocycles. The van der Waals surface area contributed by atoms with Gasteiger partial charge >= 0.3 is 0 Å². The maximum atomic E-state index is 13.8. The van der Waals surface area contributed by atoms with E-state index in [1.54, 1.807) is 0 Å². The van der Waals surface area contributed by atoms with E-state index in [-0.39, 0.29) is 20.3 Å². The van der Waals surface area contributed by atoms with Crippen molar-refractivity contribution in [1.29, 1.82) is 0 Å². The summed E-state index contributed by atoms with van der Waals surface area (Å²) in [5, 5.41) is 0. The van der Waals surface area contributed by atoms with Gasteiger partial charge in [-0.1, -0.05) is 81.4 Å². The Labute approximate surface area is 154 Å². The lowest BCUT2D eigenvalue weighted by molar-refractivity contribution is -0.129. The predicted octanol–water partition coefficient (Wildman–Crippen LogP) is 5.44. The van der Waals surface area contributed by atoms with Crippen LogP contribution in [0.2, 0.25) is 0 Å². The highest BCUT2D eigenvalue weighted by Gasteiger charge is 2.87. The second-order valence-corrected chi connectivity index (χ2v) is 10.2. The highest BCUT2D eigenvalue weighted by atomic mass is 32.2. The second-order valence-electron chi connectivity index (χ2n) is 8.73. The molecule has 2 saturated carbocycles. The fraction of sp³-hybridized carbons (Fsp3) is 0.435. The molecule has 2 heteroatoms. The molecule has 3 unspecified atom stereocenters. The van der Waals surface area contributed by atoms with E-state index in [2.05, 4.69) is 81.4 Å². The molecule has 3 fully saturated rings. The fourth-order valence-corrected chi connectivity index (χ4v) is 8.27. The molecule has 0 amide bonds. The molecular formula is C23H24OS. The van der Waals surface area contributed by atoms with Gasteiger partial charge in [-0.2, -0.15) is 0 Å².